The van der Waals surface area contributed by atoms with Crippen LogP contribution in [-0.2, 0) is 11.3 Å². The Morgan fingerprint density at radius 3 is 2.83 bits per heavy atom. The number of nitrogens with zero attached hydrogens (tertiary/aromatic N) is 1. The summed E-state index contributed by atoms with van der Waals surface area (Å²) in [5.74, 6) is -0.841. The molecule has 0 saturated heterocycles. The summed E-state index contributed by atoms with van der Waals surface area (Å²) < 4.78 is 0.987. The van der Waals surface area contributed by atoms with Gasteiger partial charge in [0.1, 0.15) is 0 Å². The fourth-order valence-electron chi connectivity index (χ4n) is 1.31. The van der Waals surface area contributed by atoms with Crippen LogP contribution in [0.25, 0.3) is 0 Å². The first-order valence-corrected chi connectivity index (χ1v) is 7.10. The number of hydrogen-bond acceptors (Lipinski definition) is 3. The van der Waals surface area contributed by atoms with E-state index in [2.05, 4.69) is 21.2 Å². The zero-order chi connectivity index (χ0) is 13.5. The average molecular weight is 335 g/mol. The zero-order valence-corrected chi connectivity index (χ0v) is 12.4. The van der Waals surface area contributed by atoms with Gasteiger partial charge in [-0.15, -0.1) is 11.3 Å². The van der Waals surface area contributed by atoms with Gasteiger partial charge in [0.25, 0.3) is 0 Å². The van der Waals surface area contributed by atoms with Crippen LogP contribution in [0.2, 0.25) is 0 Å². The molecule has 100 valence electrons. The molecule has 0 atom stereocenters. The van der Waals surface area contributed by atoms with Crippen molar-refractivity contribution in [2.45, 2.75) is 19.4 Å². The summed E-state index contributed by atoms with van der Waals surface area (Å²) in [5, 5.41) is 13.2. The minimum atomic E-state index is -0.841. The summed E-state index contributed by atoms with van der Waals surface area (Å²) in [6, 6.07) is 1.74. The van der Waals surface area contributed by atoms with Gasteiger partial charge < -0.3 is 15.3 Å². The van der Waals surface area contributed by atoms with Crippen molar-refractivity contribution in [1.29, 1.82) is 0 Å². The van der Waals surface area contributed by atoms with E-state index in [1.807, 2.05) is 11.4 Å². The minimum Gasteiger partial charge on any atom is -0.481 e. The number of hydrogen-bond donors (Lipinski definition) is 2. The first-order valence-electron chi connectivity index (χ1n) is 5.43. The Kier molecular flexibility index (Phi) is 6.14. The Labute approximate surface area is 118 Å². The molecule has 5 nitrogen and oxygen atoms in total. The van der Waals surface area contributed by atoms with Crippen LogP contribution in [0.5, 0.6) is 0 Å². The predicted molar refractivity (Wildman–Crippen MR) is 73.8 cm³/mol. The van der Waals surface area contributed by atoms with E-state index in [0.717, 1.165) is 9.35 Å². The second kappa shape index (κ2) is 7.38. The van der Waals surface area contributed by atoms with Crippen molar-refractivity contribution >= 4 is 39.3 Å². The van der Waals surface area contributed by atoms with E-state index >= 15 is 0 Å². The second-order valence-electron chi connectivity index (χ2n) is 3.77. The van der Waals surface area contributed by atoms with Crippen molar-refractivity contribution in [2.24, 2.45) is 0 Å². The molecule has 0 aliphatic carbocycles. The number of amides is 2. The molecule has 0 aromatic carbocycles. The minimum absolute atomic E-state index is 0.0775. The highest BCUT2D eigenvalue weighted by molar-refractivity contribution is 9.10. The number of carboxylic acid groups (broad SMARTS) is 1. The summed E-state index contributed by atoms with van der Waals surface area (Å²) in [6.07, 6.45) is 0.538. The molecule has 2 N–H and O–H groups in total. The molecule has 0 aliphatic heterocycles. The lowest BCUT2D eigenvalue weighted by atomic mass is 10.3. The third-order valence-corrected chi connectivity index (χ3v) is 4.25. The van der Waals surface area contributed by atoms with Gasteiger partial charge in [-0.3, -0.25) is 4.79 Å². The standard InChI is InChI=1S/C11H15BrN2O3S/c1-14(5-2-3-10(15)16)11(17)13-7-9-8(12)4-6-18-9/h4,6H,2-3,5,7H2,1H3,(H,13,17)(H,15,16). The highest BCUT2D eigenvalue weighted by atomic mass is 79.9. The van der Waals surface area contributed by atoms with E-state index < -0.39 is 5.97 Å². The van der Waals surface area contributed by atoms with Gasteiger partial charge in [-0.25, -0.2) is 4.79 Å². The quantitative estimate of drug-likeness (QED) is 0.839. The fraction of sp³-hybridized carbons (Fsp3) is 0.455. The van der Waals surface area contributed by atoms with Gasteiger partial charge in [-0.1, -0.05) is 0 Å². The van der Waals surface area contributed by atoms with E-state index in [0.29, 0.717) is 19.5 Å². The molecule has 0 spiro atoms. The lowest BCUT2D eigenvalue weighted by Crippen LogP contribution is -2.37. The van der Waals surface area contributed by atoms with Crippen molar-refractivity contribution in [3.05, 3.63) is 20.8 Å². The lowest BCUT2D eigenvalue weighted by Gasteiger charge is -2.17. The Morgan fingerprint density at radius 1 is 1.56 bits per heavy atom. The van der Waals surface area contributed by atoms with Crippen LogP contribution in [0.3, 0.4) is 0 Å². The highest BCUT2D eigenvalue weighted by Gasteiger charge is 2.09. The molecule has 0 fully saturated rings. The van der Waals surface area contributed by atoms with E-state index in [1.165, 1.54) is 4.90 Å². The van der Waals surface area contributed by atoms with Gasteiger partial charge in [-0.05, 0) is 33.8 Å². The van der Waals surface area contributed by atoms with Crippen LogP contribution in [0.1, 0.15) is 17.7 Å². The molecule has 0 bridgehead atoms. The maximum Gasteiger partial charge on any atom is 0.317 e. The Bertz CT molecular complexity index is 422. The molecule has 1 rings (SSSR count). The number of nitrogens with one attached hydrogen (secondary N) is 1. The molecular weight excluding hydrogens is 320 g/mol. The smallest absolute Gasteiger partial charge is 0.317 e. The second-order valence-corrected chi connectivity index (χ2v) is 5.62. The molecule has 0 aliphatic rings. The molecular formula is C11H15BrN2O3S. The van der Waals surface area contributed by atoms with Gasteiger partial charge in [0.15, 0.2) is 0 Å². The number of carbonyl (C=O) groups excluding carboxylic acids is 1. The van der Waals surface area contributed by atoms with Crippen molar-refractivity contribution in [3.63, 3.8) is 0 Å². The SMILES string of the molecule is CN(CCCC(=O)O)C(=O)NCc1sccc1Br. The normalized spacial score (nSPS) is 10.1. The largest absolute Gasteiger partial charge is 0.481 e. The number of halogens is 1. The first-order chi connectivity index (χ1) is 8.50. The summed E-state index contributed by atoms with van der Waals surface area (Å²) in [5.41, 5.74) is 0. The topological polar surface area (TPSA) is 69.6 Å². The summed E-state index contributed by atoms with van der Waals surface area (Å²) >= 11 is 4.96. The maximum atomic E-state index is 11.7. The first kappa shape index (κ1) is 15.0. The van der Waals surface area contributed by atoms with Gasteiger partial charge in [-0.2, -0.15) is 0 Å². The van der Waals surface area contributed by atoms with E-state index in [4.69, 9.17) is 5.11 Å². The Balaban J connectivity index is 2.27. The van der Waals surface area contributed by atoms with Gasteiger partial charge in [0.2, 0.25) is 0 Å². The van der Waals surface area contributed by atoms with Crippen molar-refractivity contribution < 1.29 is 14.7 Å². The van der Waals surface area contributed by atoms with Crippen LogP contribution in [0.4, 0.5) is 4.79 Å². The fourth-order valence-corrected chi connectivity index (χ4v) is 2.74. The number of aliphatic carboxylic acids is 1. The van der Waals surface area contributed by atoms with Gasteiger partial charge in [0.05, 0.1) is 6.54 Å². The van der Waals surface area contributed by atoms with Crippen molar-refractivity contribution in [1.82, 2.24) is 10.2 Å². The molecule has 7 heteroatoms. The molecule has 0 radical (unpaired) electrons. The van der Waals surface area contributed by atoms with Crippen LogP contribution < -0.4 is 5.32 Å². The number of urea groups is 1. The number of rotatable bonds is 6. The molecule has 2 amide bonds. The molecule has 18 heavy (non-hydrogen) atoms. The number of thiophene rings is 1. The van der Waals surface area contributed by atoms with E-state index in [9.17, 15) is 9.59 Å². The highest BCUT2D eigenvalue weighted by Crippen LogP contribution is 2.22. The summed E-state index contributed by atoms with van der Waals surface area (Å²) in [6.45, 7) is 0.907. The van der Waals surface area contributed by atoms with Crippen LogP contribution >= 0.6 is 27.3 Å². The zero-order valence-electron chi connectivity index (χ0n) is 9.98. The monoisotopic (exact) mass is 334 g/mol. The number of carboxylic acids is 1. The molecule has 0 saturated carbocycles. The third kappa shape index (κ3) is 5.05. The summed E-state index contributed by atoms with van der Waals surface area (Å²) in [4.78, 5) is 24.6. The Morgan fingerprint density at radius 2 is 2.28 bits per heavy atom. The predicted octanol–water partition coefficient (Wildman–Crippen LogP) is 2.52. The summed E-state index contributed by atoms with van der Waals surface area (Å²) in [7, 11) is 1.65. The van der Waals surface area contributed by atoms with E-state index in [-0.39, 0.29) is 12.5 Å². The van der Waals surface area contributed by atoms with Crippen LogP contribution in [-0.4, -0.2) is 35.6 Å². The van der Waals surface area contributed by atoms with Crippen LogP contribution in [0, 0.1) is 0 Å². The van der Waals surface area contributed by atoms with E-state index in [1.54, 1.807) is 18.4 Å². The third-order valence-electron chi connectivity index (χ3n) is 2.32. The Hall–Kier alpha value is -1.08. The van der Waals surface area contributed by atoms with Crippen molar-refractivity contribution in [3.8, 4) is 0 Å². The van der Waals surface area contributed by atoms with Crippen LogP contribution in [0.15, 0.2) is 15.9 Å². The molecule has 0 unspecified atom stereocenters. The molecule has 1 aromatic rings. The molecule has 1 heterocycles. The van der Waals surface area contributed by atoms with Gasteiger partial charge >= 0.3 is 12.0 Å². The lowest BCUT2D eigenvalue weighted by molar-refractivity contribution is -0.137. The molecule has 1 aromatic heterocycles. The number of carbonyl (C=O) groups is 2. The van der Waals surface area contributed by atoms with Gasteiger partial charge in [0, 0.05) is 29.4 Å². The average Bonchev–Trinajstić information content (AvgIpc) is 2.71. The van der Waals surface area contributed by atoms with Crippen molar-refractivity contribution in [2.75, 3.05) is 13.6 Å². The maximum absolute atomic E-state index is 11.7.